The molecular weight excluding hydrogens is 292 g/mol. The Bertz CT molecular complexity index is 297. The van der Waals surface area contributed by atoms with Crippen LogP contribution in [-0.4, -0.2) is 25.5 Å². The predicted octanol–water partition coefficient (Wildman–Crippen LogP) is 2.08. The van der Waals surface area contributed by atoms with Crippen LogP contribution in [-0.2, 0) is 10.0 Å². The Morgan fingerprint density at radius 2 is 1.93 bits per heavy atom. The van der Waals surface area contributed by atoms with Gasteiger partial charge >= 0.3 is 5.76 Å². The van der Waals surface area contributed by atoms with E-state index in [1.807, 2.05) is 0 Å². The second-order valence-corrected chi connectivity index (χ2v) is 6.06. The molecule has 1 fully saturated rings. The predicted molar refractivity (Wildman–Crippen MR) is 57.6 cm³/mol. The van der Waals surface area contributed by atoms with Gasteiger partial charge in [0, 0.05) is 11.4 Å². The maximum Gasteiger partial charge on any atom is 0.350 e. The first kappa shape index (κ1) is 13.3. The average molecular weight is 306 g/mol. The fourth-order valence-corrected chi connectivity index (χ4v) is 3.42. The molecule has 0 aromatic carbocycles. The summed E-state index contributed by atoms with van der Waals surface area (Å²) in [6.07, 6.45) is 3.44. The Kier molecular flexibility index (Phi) is 4.92. The number of sulfonamides is 1. The zero-order valence-electron chi connectivity index (χ0n) is 8.13. The Morgan fingerprint density at radius 1 is 1.33 bits per heavy atom. The highest BCUT2D eigenvalue weighted by atomic mass is 79.9. The van der Waals surface area contributed by atoms with Gasteiger partial charge < -0.3 is 0 Å². The number of alkyl halides is 3. The van der Waals surface area contributed by atoms with E-state index < -0.39 is 15.8 Å². The highest BCUT2D eigenvalue weighted by Gasteiger charge is 2.32. The van der Waals surface area contributed by atoms with Crippen LogP contribution < -0.4 is 4.72 Å². The normalized spacial score (nSPS) is 28.3. The number of nitrogens with one attached hydrogen (secondary N) is 1. The second-order valence-electron chi connectivity index (χ2n) is 3.73. The van der Waals surface area contributed by atoms with Crippen LogP contribution in [0.2, 0.25) is 0 Å². The van der Waals surface area contributed by atoms with Gasteiger partial charge in [0.2, 0.25) is 0 Å². The van der Waals surface area contributed by atoms with Crippen LogP contribution in [0.25, 0.3) is 0 Å². The third-order valence-electron chi connectivity index (χ3n) is 2.66. The number of rotatable bonds is 4. The fraction of sp³-hybridized carbons (Fsp3) is 1.00. The van der Waals surface area contributed by atoms with Gasteiger partial charge in [-0.25, -0.2) is 13.1 Å². The van der Waals surface area contributed by atoms with Crippen molar-refractivity contribution < 1.29 is 17.2 Å². The molecule has 0 saturated heterocycles. The molecule has 0 spiro atoms. The summed E-state index contributed by atoms with van der Waals surface area (Å²) in [5, 5.41) is 0.642. The largest absolute Gasteiger partial charge is 0.350 e. The molecule has 2 atom stereocenters. The van der Waals surface area contributed by atoms with Crippen molar-refractivity contribution in [3.05, 3.63) is 0 Å². The molecule has 1 aliphatic rings. The van der Waals surface area contributed by atoms with E-state index in [9.17, 15) is 17.2 Å². The van der Waals surface area contributed by atoms with Gasteiger partial charge in [-0.3, -0.25) is 0 Å². The molecule has 1 rings (SSSR count). The molecule has 0 radical (unpaired) electrons. The van der Waals surface area contributed by atoms with Crippen LogP contribution in [0.5, 0.6) is 0 Å². The van der Waals surface area contributed by atoms with Crippen molar-refractivity contribution in [2.75, 3.05) is 5.33 Å². The Balaban J connectivity index is 2.63. The summed E-state index contributed by atoms with van der Waals surface area (Å²) < 4.78 is 48.3. The molecule has 7 heteroatoms. The summed E-state index contributed by atoms with van der Waals surface area (Å²) >= 11 is 3.27. The molecular formula is C8H14BrF2NO2S. The van der Waals surface area contributed by atoms with E-state index in [1.54, 1.807) is 0 Å². The van der Waals surface area contributed by atoms with Gasteiger partial charge in [-0.15, -0.1) is 0 Å². The lowest BCUT2D eigenvalue weighted by Crippen LogP contribution is -2.44. The van der Waals surface area contributed by atoms with Gasteiger partial charge in [-0.2, -0.15) is 8.78 Å². The summed E-state index contributed by atoms with van der Waals surface area (Å²) in [6, 6.07) is -0.350. The lowest BCUT2D eigenvalue weighted by atomic mass is 9.87. The van der Waals surface area contributed by atoms with E-state index in [-0.39, 0.29) is 12.0 Å². The van der Waals surface area contributed by atoms with Crippen molar-refractivity contribution in [1.82, 2.24) is 4.72 Å². The van der Waals surface area contributed by atoms with Gasteiger partial charge in [0.25, 0.3) is 10.0 Å². The molecule has 0 aliphatic heterocycles. The molecule has 1 saturated carbocycles. The number of hydrogen-bond donors (Lipinski definition) is 1. The topological polar surface area (TPSA) is 46.2 Å². The van der Waals surface area contributed by atoms with Crippen LogP contribution >= 0.6 is 15.9 Å². The van der Waals surface area contributed by atoms with E-state index in [1.165, 1.54) is 0 Å². The summed E-state index contributed by atoms with van der Waals surface area (Å²) in [6.45, 7) is 0. The van der Waals surface area contributed by atoms with Crippen LogP contribution in [0.15, 0.2) is 0 Å². The van der Waals surface area contributed by atoms with Gasteiger partial charge in [0.1, 0.15) is 0 Å². The summed E-state index contributed by atoms with van der Waals surface area (Å²) in [5.41, 5.74) is 0. The molecule has 90 valence electrons. The SMILES string of the molecule is O=S(=O)(NC1CCCCC1CBr)C(F)F. The van der Waals surface area contributed by atoms with Crippen molar-refractivity contribution in [3.63, 3.8) is 0 Å². The molecule has 0 bridgehead atoms. The Hall–Kier alpha value is 0.250. The molecule has 0 aromatic heterocycles. The van der Waals surface area contributed by atoms with Crippen molar-refractivity contribution in [2.45, 2.75) is 37.5 Å². The Labute approximate surface area is 96.8 Å². The van der Waals surface area contributed by atoms with Crippen LogP contribution in [0.1, 0.15) is 25.7 Å². The molecule has 0 amide bonds. The van der Waals surface area contributed by atoms with Gasteiger partial charge in [0.15, 0.2) is 0 Å². The number of hydrogen-bond acceptors (Lipinski definition) is 2. The molecule has 1 N–H and O–H groups in total. The maximum absolute atomic E-state index is 12.1. The van der Waals surface area contributed by atoms with Crippen LogP contribution in [0.4, 0.5) is 8.78 Å². The van der Waals surface area contributed by atoms with Gasteiger partial charge in [-0.1, -0.05) is 28.8 Å². The van der Waals surface area contributed by atoms with E-state index in [0.29, 0.717) is 11.8 Å². The van der Waals surface area contributed by atoms with Crippen LogP contribution in [0, 0.1) is 5.92 Å². The van der Waals surface area contributed by atoms with Crippen molar-refractivity contribution in [1.29, 1.82) is 0 Å². The fourth-order valence-electron chi connectivity index (χ4n) is 1.81. The first-order chi connectivity index (χ1) is 6.97. The third-order valence-corrected chi connectivity index (χ3v) is 4.59. The summed E-state index contributed by atoms with van der Waals surface area (Å²) in [7, 11) is -4.44. The zero-order valence-corrected chi connectivity index (χ0v) is 10.5. The van der Waals surface area contributed by atoms with Crippen molar-refractivity contribution in [2.24, 2.45) is 5.92 Å². The average Bonchev–Trinajstić information content (AvgIpc) is 2.18. The second kappa shape index (κ2) is 5.54. The number of halogens is 3. The summed E-state index contributed by atoms with van der Waals surface area (Å²) in [4.78, 5) is 0. The maximum atomic E-state index is 12.1. The van der Waals surface area contributed by atoms with E-state index in [4.69, 9.17) is 0 Å². The standard InChI is InChI=1S/C8H14BrF2NO2S/c9-5-6-3-1-2-4-7(6)12-15(13,14)8(10)11/h6-8,12H,1-5H2. The van der Waals surface area contributed by atoms with Crippen molar-refractivity contribution >= 4 is 26.0 Å². The lowest BCUT2D eigenvalue weighted by Gasteiger charge is -2.30. The van der Waals surface area contributed by atoms with Gasteiger partial charge in [-0.05, 0) is 18.8 Å². The van der Waals surface area contributed by atoms with E-state index in [0.717, 1.165) is 19.3 Å². The van der Waals surface area contributed by atoms with Crippen LogP contribution in [0.3, 0.4) is 0 Å². The first-order valence-electron chi connectivity index (χ1n) is 4.82. The minimum Gasteiger partial charge on any atom is -0.207 e. The molecule has 1 aliphatic carbocycles. The minimum absolute atomic E-state index is 0.118. The monoisotopic (exact) mass is 305 g/mol. The van der Waals surface area contributed by atoms with E-state index in [2.05, 4.69) is 20.7 Å². The summed E-state index contributed by atoms with van der Waals surface area (Å²) in [5.74, 6) is -3.22. The first-order valence-corrected chi connectivity index (χ1v) is 7.49. The molecule has 15 heavy (non-hydrogen) atoms. The van der Waals surface area contributed by atoms with Gasteiger partial charge in [0.05, 0.1) is 0 Å². The third kappa shape index (κ3) is 3.64. The zero-order chi connectivity index (χ0) is 11.5. The van der Waals surface area contributed by atoms with Crippen molar-refractivity contribution in [3.8, 4) is 0 Å². The Morgan fingerprint density at radius 3 is 2.47 bits per heavy atom. The van der Waals surface area contributed by atoms with E-state index >= 15 is 0 Å². The lowest BCUT2D eigenvalue weighted by molar-refractivity contribution is 0.226. The smallest absolute Gasteiger partial charge is 0.207 e. The molecule has 0 heterocycles. The molecule has 0 aromatic rings. The quantitative estimate of drug-likeness (QED) is 0.808. The minimum atomic E-state index is -4.44. The molecule has 2 unspecified atom stereocenters. The highest BCUT2D eigenvalue weighted by molar-refractivity contribution is 9.09. The molecule has 3 nitrogen and oxygen atoms in total. The highest BCUT2D eigenvalue weighted by Crippen LogP contribution is 2.26.